The van der Waals surface area contributed by atoms with Crippen LogP contribution in [-0.4, -0.2) is 48.2 Å². The maximum Gasteiger partial charge on any atom is 0.0948 e. The maximum atomic E-state index is 9.59. The summed E-state index contributed by atoms with van der Waals surface area (Å²) in [6.45, 7) is 7.35. The van der Waals surface area contributed by atoms with Gasteiger partial charge in [0.25, 0.3) is 0 Å². The second-order valence-electron chi connectivity index (χ2n) is 5.90. The van der Waals surface area contributed by atoms with E-state index in [2.05, 4.69) is 26.1 Å². The second-order valence-corrected chi connectivity index (χ2v) is 5.90. The molecule has 0 spiro atoms. The first kappa shape index (κ1) is 12.3. The third kappa shape index (κ3) is 3.17. The Morgan fingerprint density at radius 1 is 1.25 bits per heavy atom. The molecular weight excluding hydrogens is 206 g/mol. The molecule has 1 aliphatic heterocycles. The lowest BCUT2D eigenvalue weighted by Crippen LogP contribution is -2.53. The highest BCUT2D eigenvalue weighted by molar-refractivity contribution is 4.92. The van der Waals surface area contributed by atoms with Gasteiger partial charge in [-0.2, -0.15) is 0 Å². The van der Waals surface area contributed by atoms with Gasteiger partial charge in [-0.25, -0.2) is 0 Å². The largest absolute Gasteiger partial charge is 0.389 e. The molecule has 2 rings (SSSR count). The van der Waals surface area contributed by atoms with Crippen molar-refractivity contribution in [1.82, 2.24) is 5.32 Å². The zero-order valence-electron chi connectivity index (χ0n) is 10.4. The van der Waals surface area contributed by atoms with Gasteiger partial charge in [-0.1, -0.05) is 0 Å². The molecule has 0 radical (unpaired) electrons. The average molecular weight is 229 g/mol. The fourth-order valence-corrected chi connectivity index (χ4v) is 2.30. The Kier molecular flexibility index (Phi) is 3.54. The van der Waals surface area contributed by atoms with Crippen LogP contribution in [-0.2, 0) is 9.47 Å². The molecular formula is C12H23NO3. The van der Waals surface area contributed by atoms with Crippen molar-refractivity contribution in [2.75, 3.05) is 13.2 Å². The van der Waals surface area contributed by atoms with Crippen molar-refractivity contribution in [3.63, 3.8) is 0 Å². The third-order valence-electron chi connectivity index (χ3n) is 3.12. The fourth-order valence-electron chi connectivity index (χ4n) is 2.30. The first-order valence-corrected chi connectivity index (χ1v) is 6.14. The molecule has 2 N–H and O–H groups in total. The number of hydrogen-bond acceptors (Lipinski definition) is 4. The summed E-state index contributed by atoms with van der Waals surface area (Å²) in [7, 11) is 0. The van der Waals surface area contributed by atoms with Gasteiger partial charge in [-0.3, -0.25) is 0 Å². The molecule has 0 aromatic rings. The molecule has 2 aliphatic rings. The van der Waals surface area contributed by atoms with Crippen LogP contribution in [0.4, 0.5) is 0 Å². The summed E-state index contributed by atoms with van der Waals surface area (Å²) < 4.78 is 11.1. The van der Waals surface area contributed by atoms with Crippen molar-refractivity contribution in [2.45, 2.75) is 63.5 Å². The lowest BCUT2D eigenvalue weighted by atomic mass is 9.87. The van der Waals surface area contributed by atoms with Crippen LogP contribution in [0.25, 0.3) is 0 Å². The van der Waals surface area contributed by atoms with E-state index in [0.717, 1.165) is 12.8 Å². The van der Waals surface area contributed by atoms with E-state index in [9.17, 15) is 5.11 Å². The molecule has 2 unspecified atom stereocenters. The molecule has 4 nitrogen and oxygen atoms in total. The van der Waals surface area contributed by atoms with Gasteiger partial charge in [-0.05, 0) is 33.6 Å². The van der Waals surface area contributed by atoms with Crippen LogP contribution >= 0.6 is 0 Å². The Morgan fingerprint density at radius 3 is 2.44 bits per heavy atom. The first-order valence-electron chi connectivity index (χ1n) is 6.14. The van der Waals surface area contributed by atoms with Crippen molar-refractivity contribution in [3.8, 4) is 0 Å². The van der Waals surface area contributed by atoms with E-state index in [-0.39, 0.29) is 17.7 Å². The van der Waals surface area contributed by atoms with Crippen LogP contribution < -0.4 is 5.32 Å². The topological polar surface area (TPSA) is 50.7 Å². The van der Waals surface area contributed by atoms with E-state index in [1.807, 2.05) is 0 Å². The lowest BCUT2D eigenvalue weighted by Gasteiger charge is -2.41. The van der Waals surface area contributed by atoms with Gasteiger partial charge in [0.2, 0.25) is 0 Å². The molecule has 4 heteroatoms. The predicted octanol–water partition coefficient (Wildman–Crippen LogP) is 0.682. The van der Waals surface area contributed by atoms with Crippen molar-refractivity contribution in [2.24, 2.45) is 0 Å². The van der Waals surface area contributed by atoms with Crippen LogP contribution in [0.15, 0.2) is 0 Å². The smallest absolute Gasteiger partial charge is 0.0948 e. The molecule has 1 aliphatic carbocycles. The maximum absolute atomic E-state index is 9.59. The molecule has 0 aromatic heterocycles. The van der Waals surface area contributed by atoms with Gasteiger partial charge in [0.05, 0.1) is 37.1 Å². The number of aliphatic hydroxyl groups is 1. The minimum Gasteiger partial charge on any atom is -0.389 e. The molecule has 94 valence electrons. The highest BCUT2D eigenvalue weighted by atomic mass is 16.5. The SMILES string of the molecule is CC(C)(C)OC1CC(NC2COCC2O)C1. The quantitative estimate of drug-likeness (QED) is 0.747. The fraction of sp³-hybridized carbons (Fsp3) is 1.00. The number of hydrogen-bond donors (Lipinski definition) is 2. The minimum absolute atomic E-state index is 0.0500. The summed E-state index contributed by atoms with van der Waals surface area (Å²) >= 11 is 0. The highest BCUT2D eigenvalue weighted by Gasteiger charge is 2.36. The normalized spacial score (nSPS) is 39.8. The molecule has 2 fully saturated rings. The summed E-state index contributed by atoms with van der Waals surface area (Å²) in [5.41, 5.74) is -0.0500. The van der Waals surface area contributed by atoms with Crippen molar-refractivity contribution in [3.05, 3.63) is 0 Å². The Morgan fingerprint density at radius 2 is 1.94 bits per heavy atom. The van der Waals surface area contributed by atoms with Gasteiger partial charge in [0.15, 0.2) is 0 Å². The van der Waals surface area contributed by atoms with Crippen molar-refractivity contribution >= 4 is 0 Å². The van der Waals surface area contributed by atoms with Crippen LogP contribution in [0.1, 0.15) is 33.6 Å². The molecule has 1 heterocycles. The molecule has 0 aromatic carbocycles. The van der Waals surface area contributed by atoms with Crippen molar-refractivity contribution < 1.29 is 14.6 Å². The second kappa shape index (κ2) is 4.61. The zero-order chi connectivity index (χ0) is 11.8. The van der Waals surface area contributed by atoms with Gasteiger partial charge < -0.3 is 19.9 Å². The van der Waals surface area contributed by atoms with Gasteiger partial charge in [0, 0.05) is 6.04 Å². The molecule has 1 saturated carbocycles. The van der Waals surface area contributed by atoms with E-state index in [0.29, 0.717) is 25.4 Å². The van der Waals surface area contributed by atoms with Crippen LogP contribution in [0, 0.1) is 0 Å². The summed E-state index contributed by atoms with van der Waals surface area (Å²) in [5, 5.41) is 13.0. The van der Waals surface area contributed by atoms with Crippen LogP contribution in [0.5, 0.6) is 0 Å². The van der Waals surface area contributed by atoms with E-state index in [1.165, 1.54) is 0 Å². The van der Waals surface area contributed by atoms with Crippen molar-refractivity contribution in [1.29, 1.82) is 0 Å². The molecule has 1 saturated heterocycles. The van der Waals surface area contributed by atoms with Crippen LogP contribution in [0.2, 0.25) is 0 Å². The Balaban J connectivity index is 1.65. The number of aliphatic hydroxyl groups excluding tert-OH is 1. The van der Waals surface area contributed by atoms with Gasteiger partial charge in [-0.15, -0.1) is 0 Å². The summed E-state index contributed by atoms with van der Waals surface area (Å²) in [4.78, 5) is 0. The number of rotatable bonds is 3. The van der Waals surface area contributed by atoms with E-state index in [4.69, 9.17) is 9.47 Å². The molecule has 2 atom stereocenters. The molecule has 16 heavy (non-hydrogen) atoms. The molecule has 0 amide bonds. The van der Waals surface area contributed by atoms with Gasteiger partial charge >= 0.3 is 0 Å². The average Bonchev–Trinajstić information content (AvgIpc) is 2.46. The first-order chi connectivity index (χ1) is 7.44. The highest BCUT2D eigenvalue weighted by Crippen LogP contribution is 2.28. The Labute approximate surface area is 97.3 Å². The van der Waals surface area contributed by atoms with E-state index >= 15 is 0 Å². The standard InChI is InChI=1S/C12H23NO3/c1-12(2,3)16-9-4-8(5-9)13-10-6-15-7-11(10)14/h8-11,13-14H,4-7H2,1-3H3. The number of ether oxygens (including phenoxy) is 2. The lowest BCUT2D eigenvalue weighted by molar-refractivity contribution is -0.104. The Hall–Kier alpha value is -0.160. The van der Waals surface area contributed by atoms with E-state index in [1.54, 1.807) is 0 Å². The molecule has 0 bridgehead atoms. The van der Waals surface area contributed by atoms with E-state index < -0.39 is 0 Å². The Bertz CT molecular complexity index is 233. The predicted molar refractivity (Wildman–Crippen MR) is 61.4 cm³/mol. The summed E-state index contributed by atoms with van der Waals surface area (Å²) in [6, 6.07) is 0.592. The summed E-state index contributed by atoms with van der Waals surface area (Å²) in [5.74, 6) is 0. The van der Waals surface area contributed by atoms with Gasteiger partial charge in [0.1, 0.15) is 0 Å². The van der Waals surface area contributed by atoms with Crippen LogP contribution in [0.3, 0.4) is 0 Å². The summed E-state index contributed by atoms with van der Waals surface area (Å²) in [6.07, 6.45) is 2.11. The third-order valence-corrected chi connectivity index (χ3v) is 3.12. The number of nitrogens with one attached hydrogen (secondary N) is 1. The zero-order valence-corrected chi connectivity index (χ0v) is 10.4. The minimum atomic E-state index is -0.345. The monoisotopic (exact) mass is 229 g/mol.